The molecule has 0 radical (unpaired) electrons. The fourth-order valence-electron chi connectivity index (χ4n) is 1.99. The van der Waals surface area contributed by atoms with Crippen LogP contribution in [0.2, 0.25) is 0 Å². The number of sulfonamides is 2. The molecule has 0 aliphatic heterocycles. The van der Waals surface area contributed by atoms with E-state index in [2.05, 4.69) is 0 Å². The Morgan fingerprint density at radius 2 is 1.00 bits per heavy atom. The van der Waals surface area contributed by atoms with Crippen molar-refractivity contribution >= 4 is 20.0 Å². The van der Waals surface area contributed by atoms with Gasteiger partial charge >= 0.3 is 0 Å². The van der Waals surface area contributed by atoms with Crippen molar-refractivity contribution in [2.75, 3.05) is 0 Å². The van der Waals surface area contributed by atoms with Crippen molar-refractivity contribution in [2.24, 2.45) is 0 Å². The normalized spacial score (nSPS) is 22.6. The molecular weight excluding hydrogens is 262 g/mol. The van der Waals surface area contributed by atoms with E-state index in [1.54, 1.807) is 24.3 Å². The first kappa shape index (κ1) is 12.8. The van der Waals surface area contributed by atoms with Crippen LogP contribution in [-0.4, -0.2) is 27.3 Å². The molecule has 0 saturated heterocycles. The molecule has 2 aliphatic rings. The van der Waals surface area contributed by atoms with Crippen LogP contribution in [0.25, 0.3) is 0 Å². The molecule has 0 spiro atoms. The fraction of sp³-hybridized carbons (Fsp3) is 0.600. The predicted molar refractivity (Wildman–Crippen MR) is 65.3 cm³/mol. The quantitative estimate of drug-likeness (QED) is 0.766. The maximum Gasteiger partial charge on any atom is 0.228 e. The van der Waals surface area contributed by atoms with E-state index >= 15 is 0 Å². The van der Waals surface area contributed by atoms with Crippen LogP contribution in [-0.2, 0) is 20.0 Å². The number of hydrogen-bond acceptors (Lipinski definition) is 4. The smallest absolute Gasteiger partial charge is 0.211 e. The molecule has 7 heteroatoms. The minimum Gasteiger partial charge on any atom is -0.211 e. The van der Waals surface area contributed by atoms with E-state index in [4.69, 9.17) is 0 Å². The van der Waals surface area contributed by atoms with Gasteiger partial charge in [0.15, 0.2) is 0 Å². The van der Waals surface area contributed by atoms with Gasteiger partial charge in [-0.3, -0.25) is 0 Å². The van der Waals surface area contributed by atoms with E-state index in [9.17, 15) is 16.8 Å². The Kier molecular flexibility index (Phi) is 3.42. The molecule has 0 aromatic heterocycles. The second-order valence-electron chi connectivity index (χ2n) is 4.30. The van der Waals surface area contributed by atoms with Crippen LogP contribution in [0, 0.1) is 0 Å². The van der Waals surface area contributed by atoms with Crippen molar-refractivity contribution < 1.29 is 16.8 Å². The summed E-state index contributed by atoms with van der Waals surface area (Å²) >= 11 is 0. The van der Waals surface area contributed by atoms with E-state index in [0.29, 0.717) is 25.7 Å². The summed E-state index contributed by atoms with van der Waals surface area (Å²) in [5, 5.41) is -1.29. The topological polar surface area (TPSA) is 80.3 Å². The number of hydrogen-bond donors (Lipinski definition) is 1. The van der Waals surface area contributed by atoms with Gasteiger partial charge in [0.25, 0.3) is 0 Å². The van der Waals surface area contributed by atoms with Gasteiger partial charge in [0, 0.05) is 0 Å². The second kappa shape index (κ2) is 4.55. The Labute approximate surface area is 102 Å². The van der Waals surface area contributed by atoms with Crippen LogP contribution < -0.4 is 4.13 Å². The summed E-state index contributed by atoms with van der Waals surface area (Å²) in [6, 6.07) is 0. The minimum atomic E-state index is -3.78. The molecule has 17 heavy (non-hydrogen) atoms. The summed E-state index contributed by atoms with van der Waals surface area (Å²) in [5.74, 6) is 0. The lowest BCUT2D eigenvalue weighted by atomic mass is 10.4. The lowest BCUT2D eigenvalue weighted by Crippen LogP contribution is -2.41. The summed E-state index contributed by atoms with van der Waals surface area (Å²) in [6.45, 7) is 0. The lowest BCUT2D eigenvalue weighted by molar-refractivity contribution is 0.560. The third-order valence-electron chi connectivity index (χ3n) is 3.04. The van der Waals surface area contributed by atoms with Crippen molar-refractivity contribution in [2.45, 2.75) is 36.2 Å². The molecule has 0 saturated carbocycles. The minimum absolute atomic E-state index is 0.383. The van der Waals surface area contributed by atoms with Crippen LogP contribution in [0.15, 0.2) is 24.3 Å². The molecule has 0 aromatic carbocycles. The van der Waals surface area contributed by atoms with Crippen LogP contribution in [0.4, 0.5) is 0 Å². The Balaban J connectivity index is 2.09. The van der Waals surface area contributed by atoms with Crippen LogP contribution in [0.5, 0.6) is 0 Å². The summed E-state index contributed by atoms with van der Waals surface area (Å²) in [6.07, 6.45) is 8.56. The zero-order valence-electron chi connectivity index (χ0n) is 9.24. The molecule has 0 heterocycles. The maximum atomic E-state index is 11.9. The molecule has 0 unspecified atom stereocenters. The number of allylic oxidation sites excluding steroid dienone is 4. The third-order valence-corrected chi connectivity index (χ3v) is 7.42. The Morgan fingerprint density at radius 1 is 0.706 bits per heavy atom. The van der Waals surface area contributed by atoms with Gasteiger partial charge in [-0.25, -0.2) is 16.8 Å². The van der Waals surface area contributed by atoms with Gasteiger partial charge in [0.1, 0.15) is 0 Å². The van der Waals surface area contributed by atoms with E-state index in [0.717, 1.165) is 0 Å². The highest BCUT2D eigenvalue weighted by atomic mass is 32.3. The number of rotatable bonds is 4. The zero-order chi connectivity index (χ0) is 12.5. The van der Waals surface area contributed by atoms with Crippen molar-refractivity contribution in [3.05, 3.63) is 24.3 Å². The molecule has 1 N–H and O–H groups in total. The fourth-order valence-corrected chi connectivity index (χ4v) is 5.83. The molecule has 5 nitrogen and oxygen atoms in total. The highest BCUT2D eigenvalue weighted by molar-refractivity contribution is 8.05. The van der Waals surface area contributed by atoms with Gasteiger partial charge in [-0.05, 0) is 25.7 Å². The van der Waals surface area contributed by atoms with Gasteiger partial charge in [-0.15, -0.1) is 4.13 Å². The highest BCUT2D eigenvalue weighted by Gasteiger charge is 2.34. The standard InChI is InChI=1S/C10H15NO4S2/c12-16(13,9-5-1-2-6-9)11-17(14,15)10-7-3-4-8-10/h1-4,9-11H,5-8H2. The molecule has 2 rings (SSSR count). The van der Waals surface area contributed by atoms with Gasteiger partial charge in [0.05, 0.1) is 10.5 Å². The highest BCUT2D eigenvalue weighted by Crippen LogP contribution is 2.22. The van der Waals surface area contributed by atoms with Crippen molar-refractivity contribution in [3.63, 3.8) is 0 Å². The predicted octanol–water partition coefficient (Wildman–Crippen LogP) is 0.673. The molecule has 2 aliphatic carbocycles. The van der Waals surface area contributed by atoms with Crippen LogP contribution in [0.1, 0.15) is 25.7 Å². The Morgan fingerprint density at radius 3 is 1.29 bits per heavy atom. The van der Waals surface area contributed by atoms with Crippen LogP contribution >= 0.6 is 0 Å². The summed E-state index contributed by atoms with van der Waals surface area (Å²) < 4.78 is 49.3. The average molecular weight is 277 g/mol. The van der Waals surface area contributed by atoms with Gasteiger partial charge < -0.3 is 0 Å². The first-order valence-corrected chi connectivity index (χ1v) is 8.57. The van der Waals surface area contributed by atoms with E-state index in [1.165, 1.54) is 0 Å². The van der Waals surface area contributed by atoms with Crippen molar-refractivity contribution in [1.82, 2.24) is 4.13 Å². The molecule has 0 atom stereocenters. The Bertz CT molecular complexity index is 479. The zero-order valence-corrected chi connectivity index (χ0v) is 10.9. The largest absolute Gasteiger partial charge is 0.228 e. The molecule has 0 fully saturated rings. The maximum absolute atomic E-state index is 11.9. The van der Waals surface area contributed by atoms with E-state index in [-0.39, 0.29) is 0 Å². The van der Waals surface area contributed by atoms with Crippen molar-refractivity contribution in [3.8, 4) is 0 Å². The van der Waals surface area contributed by atoms with Crippen LogP contribution in [0.3, 0.4) is 0 Å². The SMILES string of the molecule is O=S(=O)(NS(=O)(=O)C1CC=CC1)C1CC=CC1. The average Bonchev–Trinajstić information content (AvgIpc) is 2.91. The second-order valence-corrected chi connectivity index (χ2v) is 8.48. The van der Waals surface area contributed by atoms with Crippen molar-refractivity contribution in [1.29, 1.82) is 0 Å². The molecular formula is C10H15NO4S2. The third kappa shape index (κ3) is 2.78. The molecule has 96 valence electrons. The summed E-state index contributed by atoms with van der Waals surface area (Å²) in [5.41, 5.74) is 0. The first-order valence-electron chi connectivity index (χ1n) is 5.48. The van der Waals surface area contributed by atoms with Gasteiger partial charge in [0.2, 0.25) is 20.0 Å². The van der Waals surface area contributed by atoms with E-state index in [1.807, 2.05) is 4.13 Å². The molecule has 0 aromatic rings. The molecule has 0 amide bonds. The summed E-state index contributed by atoms with van der Waals surface area (Å²) in [7, 11) is -7.57. The number of nitrogens with one attached hydrogen (secondary N) is 1. The molecule has 0 bridgehead atoms. The lowest BCUT2D eigenvalue weighted by Gasteiger charge is -2.16. The van der Waals surface area contributed by atoms with Gasteiger partial charge in [-0.2, -0.15) is 0 Å². The first-order chi connectivity index (χ1) is 7.92. The Hall–Kier alpha value is -0.660. The van der Waals surface area contributed by atoms with Gasteiger partial charge in [-0.1, -0.05) is 24.3 Å². The summed E-state index contributed by atoms with van der Waals surface area (Å²) in [4.78, 5) is 0. The monoisotopic (exact) mass is 277 g/mol. The van der Waals surface area contributed by atoms with E-state index < -0.39 is 30.5 Å².